The van der Waals surface area contributed by atoms with Crippen molar-refractivity contribution in [2.24, 2.45) is 0 Å². The predicted molar refractivity (Wildman–Crippen MR) is 96.1 cm³/mol. The summed E-state index contributed by atoms with van der Waals surface area (Å²) in [5, 5.41) is 11.1. The quantitative estimate of drug-likeness (QED) is 0.267. The molecule has 1 rings (SSSR count). The third-order valence-electron chi connectivity index (χ3n) is 3.29. The van der Waals surface area contributed by atoms with Crippen LogP contribution in [0.1, 0.15) is 26.2 Å². The van der Waals surface area contributed by atoms with Gasteiger partial charge >= 0.3 is 5.97 Å². The van der Waals surface area contributed by atoms with Crippen LogP contribution in [-0.2, 0) is 19.6 Å². The van der Waals surface area contributed by atoms with Crippen LogP contribution in [-0.4, -0.2) is 44.0 Å². The lowest BCUT2D eigenvalue weighted by Crippen LogP contribution is -2.42. The molecule has 0 unspecified atom stereocenters. The number of sulfonamides is 1. The molecule has 0 aliphatic carbocycles. The smallest absolute Gasteiger partial charge is 0.324 e. The fourth-order valence-electron chi connectivity index (χ4n) is 1.96. The number of nitro benzene ring substituents is 1. The molecule has 0 saturated heterocycles. The lowest BCUT2D eigenvalue weighted by atomic mass is 10.2. The number of thioether (sulfide) groups is 1. The molecule has 0 aromatic heterocycles. The highest BCUT2D eigenvalue weighted by Crippen LogP contribution is 2.23. The Kier molecular flexibility index (Phi) is 8.87. The minimum atomic E-state index is -4.24. The maximum atomic E-state index is 12.5. The minimum absolute atomic E-state index is 0.207. The number of nitrogens with zero attached hydrogens (tertiary/aromatic N) is 1. The van der Waals surface area contributed by atoms with Gasteiger partial charge in [-0.25, -0.2) is 8.42 Å². The van der Waals surface area contributed by atoms with E-state index < -0.39 is 37.5 Å². The van der Waals surface area contributed by atoms with Crippen LogP contribution in [0, 0.1) is 10.1 Å². The fraction of sp³-hybridized carbons (Fsp3) is 0.533. The summed E-state index contributed by atoms with van der Waals surface area (Å²) in [7, 11) is -4.24. The minimum Gasteiger partial charge on any atom is -0.465 e. The lowest BCUT2D eigenvalue weighted by molar-refractivity contribution is -0.387. The first-order valence-electron chi connectivity index (χ1n) is 7.74. The summed E-state index contributed by atoms with van der Waals surface area (Å²) in [4.78, 5) is 22.0. The van der Waals surface area contributed by atoms with Crippen LogP contribution < -0.4 is 4.72 Å². The fourth-order valence-corrected chi connectivity index (χ4v) is 3.83. The second kappa shape index (κ2) is 10.4. The Morgan fingerprint density at radius 3 is 2.68 bits per heavy atom. The number of carbonyl (C=O) groups is 1. The number of nitro groups is 1. The zero-order chi connectivity index (χ0) is 18.9. The van der Waals surface area contributed by atoms with Crippen LogP contribution in [0.2, 0.25) is 0 Å². The second-order valence-electron chi connectivity index (χ2n) is 5.20. The van der Waals surface area contributed by atoms with Crippen LogP contribution in [0.3, 0.4) is 0 Å². The van der Waals surface area contributed by atoms with Crippen molar-refractivity contribution in [2.45, 2.75) is 37.1 Å². The molecule has 10 heteroatoms. The first-order valence-corrected chi connectivity index (χ1v) is 10.6. The average Bonchev–Trinajstić information content (AvgIpc) is 2.58. The van der Waals surface area contributed by atoms with Crippen molar-refractivity contribution in [3.05, 3.63) is 34.4 Å². The van der Waals surface area contributed by atoms with Gasteiger partial charge in [-0.3, -0.25) is 14.9 Å². The number of carbonyl (C=O) groups excluding carboxylic acids is 1. The van der Waals surface area contributed by atoms with Gasteiger partial charge in [0.15, 0.2) is 4.90 Å². The molecular formula is C15H22N2O6S2. The maximum absolute atomic E-state index is 12.5. The normalized spacial score (nSPS) is 12.6. The topological polar surface area (TPSA) is 116 Å². The zero-order valence-corrected chi connectivity index (χ0v) is 15.8. The summed E-state index contributed by atoms with van der Waals surface area (Å²) in [6.45, 7) is 2.15. The second-order valence-corrected chi connectivity index (χ2v) is 7.87. The molecule has 0 fully saturated rings. The molecule has 0 bridgehead atoms. The van der Waals surface area contributed by atoms with Gasteiger partial charge in [0.05, 0.1) is 11.5 Å². The van der Waals surface area contributed by atoms with Gasteiger partial charge in [0.25, 0.3) is 5.69 Å². The predicted octanol–water partition coefficient (Wildman–Crippen LogP) is 2.34. The Hall–Kier alpha value is -1.65. The summed E-state index contributed by atoms with van der Waals surface area (Å²) in [5.41, 5.74) is -0.544. The molecule has 0 saturated carbocycles. The molecule has 0 heterocycles. The molecule has 25 heavy (non-hydrogen) atoms. The molecular weight excluding hydrogens is 368 g/mol. The molecule has 140 valence electrons. The summed E-state index contributed by atoms with van der Waals surface area (Å²) in [5.74, 6) is -0.142. The monoisotopic (exact) mass is 390 g/mol. The van der Waals surface area contributed by atoms with E-state index in [-0.39, 0.29) is 13.0 Å². The number of esters is 1. The van der Waals surface area contributed by atoms with E-state index in [0.717, 1.165) is 18.6 Å². The highest BCUT2D eigenvalue weighted by molar-refractivity contribution is 7.98. The molecule has 0 radical (unpaired) electrons. The maximum Gasteiger partial charge on any atom is 0.324 e. The van der Waals surface area contributed by atoms with Gasteiger partial charge in [-0.05, 0) is 30.9 Å². The molecule has 1 aromatic carbocycles. The van der Waals surface area contributed by atoms with Gasteiger partial charge in [0, 0.05) is 6.07 Å². The van der Waals surface area contributed by atoms with Crippen molar-refractivity contribution >= 4 is 33.4 Å². The Morgan fingerprint density at radius 2 is 2.08 bits per heavy atom. The number of hydrogen-bond donors (Lipinski definition) is 1. The van der Waals surface area contributed by atoms with E-state index in [2.05, 4.69) is 4.72 Å². The van der Waals surface area contributed by atoms with Crippen LogP contribution in [0.4, 0.5) is 5.69 Å². The number of nitrogens with one attached hydrogen (secondary N) is 1. The van der Waals surface area contributed by atoms with Crippen LogP contribution in [0.15, 0.2) is 29.2 Å². The van der Waals surface area contributed by atoms with Gasteiger partial charge in [-0.2, -0.15) is 16.5 Å². The molecule has 0 aliphatic heterocycles. The van der Waals surface area contributed by atoms with E-state index in [1.807, 2.05) is 13.2 Å². The molecule has 1 N–H and O–H groups in total. The highest BCUT2D eigenvalue weighted by atomic mass is 32.2. The van der Waals surface area contributed by atoms with E-state index in [1.165, 1.54) is 23.9 Å². The summed E-state index contributed by atoms with van der Waals surface area (Å²) < 4.78 is 32.4. The van der Waals surface area contributed by atoms with Gasteiger partial charge < -0.3 is 4.74 Å². The highest BCUT2D eigenvalue weighted by Gasteiger charge is 2.31. The molecule has 8 nitrogen and oxygen atoms in total. The molecule has 0 amide bonds. The molecule has 1 aromatic rings. The van der Waals surface area contributed by atoms with Gasteiger partial charge in [-0.15, -0.1) is 0 Å². The van der Waals surface area contributed by atoms with Crippen LogP contribution >= 0.6 is 11.8 Å². The van der Waals surface area contributed by atoms with E-state index in [4.69, 9.17) is 4.74 Å². The first-order chi connectivity index (χ1) is 11.8. The van der Waals surface area contributed by atoms with Crippen molar-refractivity contribution in [1.82, 2.24) is 4.72 Å². The number of para-hydroxylation sites is 1. The van der Waals surface area contributed by atoms with Gasteiger partial charge in [-0.1, -0.05) is 25.5 Å². The number of ether oxygens (including phenoxy) is 1. The number of rotatable bonds is 11. The molecule has 0 spiro atoms. The van der Waals surface area contributed by atoms with E-state index >= 15 is 0 Å². The van der Waals surface area contributed by atoms with Crippen molar-refractivity contribution in [1.29, 1.82) is 0 Å². The van der Waals surface area contributed by atoms with E-state index in [0.29, 0.717) is 12.2 Å². The Balaban J connectivity index is 3.01. The first kappa shape index (κ1) is 21.4. The lowest BCUT2D eigenvalue weighted by Gasteiger charge is -2.17. The number of benzene rings is 1. The van der Waals surface area contributed by atoms with Gasteiger partial charge in [0.2, 0.25) is 10.0 Å². The Morgan fingerprint density at radius 1 is 1.40 bits per heavy atom. The van der Waals surface area contributed by atoms with E-state index in [9.17, 15) is 23.3 Å². The molecule has 0 aliphatic rings. The summed E-state index contributed by atoms with van der Waals surface area (Å²) in [6.07, 6.45) is 3.57. The van der Waals surface area contributed by atoms with Gasteiger partial charge in [0.1, 0.15) is 6.04 Å². The summed E-state index contributed by atoms with van der Waals surface area (Å²) >= 11 is 1.45. The Labute approximate surface area is 151 Å². The largest absolute Gasteiger partial charge is 0.465 e. The summed E-state index contributed by atoms with van der Waals surface area (Å²) in [6, 6.07) is 3.91. The van der Waals surface area contributed by atoms with Crippen LogP contribution in [0.25, 0.3) is 0 Å². The van der Waals surface area contributed by atoms with Crippen molar-refractivity contribution in [3.63, 3.8) is 0 Å². The zero-order valence-electron chi connectivity index (χ0n) is 14.1. The third-order valence-corrected chi connectivity index (χ3v) is 5.45. The Bertz CT molecular complexity index is 693. The standard InChI is InChI=1S/C15H22N2O6S2/c1-3-4-10-23-15(18)12(9-11-24-2)16-25(21,22)14-8-6-5-7-13(14)17(19)20/h5-8,12,16H,3-4,9-11H2,1-2H3/t12-/m0/s1. The number of unbranched alkanes of at least 4 members (excludes halogenated alkanes) is 1. The van der Waals surface area contributed by atoms with E-state index in [1.54, 1.807) is 0 Å². The third kappa shape index (κ3) is 6.63. The van der Waals surface area contributed by atoms with Crippen molar-refractivity contribution < 1.29 is 22.9 Å². The van der Waals surface area contributed by atoms with Crippen molar-refractivity contribution in [3.8, 4) is 0 Å². The van der Waals surface area contributed by atoms with Crippen LogP contribution in [0.5, 0.6) is 0 Å². The number of hydrogen-bond acceptors (Lipinski definition) is 7. The molecule has 1 atom stereocenters. The van der Waals surface area contributed by atoms with Crippen molar-refractivity contribution in [2.75, 3.05) is 18.6 Å². The SMILES string of the molecule is CCCCOC(=O)[C@H](CCSC)NS(=O)(=O)c1ccccc1[N+](=O)[O-]. The average molecular weight is 390 g/mol.